The highest BCUT2D eigenvalue weighted by Gasteiger charge is 2.25. The van der Waals surface area contributed by atoms with Crippen LogP contribution in [-0.4, -0.2) is 64.6 Å². The van der Waals surface area contributed by atoms with Gasteiger partial charge in [0.1, 0.15) is 5.69 Å². The van der Waals surface area contributed by atoms with Crippen molar-refractivity contribution in [3.8, 4) is 28.4 Å². The molecule has 0 amide bonds. The molecule has 9 nitrogen and oxygen atoms in total. The second kappa shape index (κ2) is 9.28. The smallest absolute Gasteiger partial charge is 0.223 e. The van der Waals surface area contributed by atoms with E-state index < -0.39 is 15.8 Å². The van der Waals surface area contributed by atoms with E-state index in [1.807, 2.05) is 16.0 Å². The van der Waals surface area contributed by atoms with Crippen LogP contribution in [0.2, 0.25) is 0 Å². The number of thiazole rings is 1. The number of nitrogens with zero attached hydrogens (tertiary/aromatic N) is 5. The fraction of sp³-hybridized carbons (Fsp3) is 0.318. The first kappa shape index (κ1) is 22.7. The van der Waals surface area contributed by atoms with Gasteiger partial charge in [-0.3, -0.25) is 4.40 Å². The van der Waals surface area contributed by atoms with Gasteiger partial charge in [-0.25, -0.2) is 32.1 Å². The minimum atomic E-state index is -3.18. The second-order valence-electron chi connectivity index (χ2n) is 7.83. The van der Waals surface area contributed by atoms with Crippen molar-refractivity contribution in [1.29, 1.82) is 0 Å². The van der Waals surface area contributed by atoms with Crippen LogP contribution in [0.3, 0.4) is 0 Å². The second-order valence-corrected chi connectivity index (χ2v) is 10.8. The summed E-state index contributed by atoms with van der Waals surface area (Å²) in [4.78, 5) is 14.5. The first-order valence-electron chi connectivity index (χ1n) is 10.8. The number of imidazole rings is 1. The molecule has 0 unspecified atom stereocenters. The summed E-state index contributed by atoms with van der Waals surface area (Å²) < 4.78 is 47.0. The van der Waals surface area contributed by atoms with Gasteiger partial charge in [0.25, 0.3) is 0 Å². The van der Waals surface area contributed by atoms with Gasteiger partial charge in [0.15, 0.2) is 16.5 Å². The lowest BCUT2D eigenvalue weighted by Crippen LogP contribution is -2.40. The Hall–Kier alpha value is -3.09. The molecule has 3 aromatic heterocycles. The molecule has 1 N–H and O–H groups in total. The Morgan fingerprint density at radius 1 is 1.24 bits per heavy atom. The van der Waals surface area contributed by atoms with Crippen molar-refractivity contribution in [1.82, 2.24) is 23.7 Å². The van der Waals surface area contributed by atoms with Crippen LogP contribution in [0.1, 0.15) is 12.8 Å². The SMILES string of the molecule is COc1cc(-c2nc3sccn3c2-c2ccnc(NCCN3CCCCS3(=O)=O)n2)ccc1F. The van der Waals surface area contributed by atoms with E-state index in [0.29, 0.717) is 49.0 Å². The molecule has 1 aromatic carbocycles. The van der Waals surface area contributed by atoms with Crippen molar-refractivity contribution in [2.45, 2.75) is 12.8 Å². The topological polar surface area (TPSA) is 102 Å². The van der Waals surface area contributed by atoms with Gasteiger partial charge < -0.3 is 10.1 Å². The fourth-order valence-corrected chi connectivity index (χ4v) is 6.32. The quantitative estimate of drug-likeness (QED) is 0.413. The molecule has 12 heteroatoms. The van der Waals surface area contributed by atoms with Gasteiger partial charge in [0, 0.05) is 43.0 Å². The molecule has 0 bridgehead atoms. The molecule has 0 radical (unpaired) electrons. The lowest BCUT2D eigenvalue weighted by atomic mass is 10.1. The molecule has 178 valence electrons. The Morgan fingerprint density at radius 3 is 2.94 bits per heavy atom. The van der Waals surface area contributed by atoms with Gasteiger partial charge in [-0.05, 0) is 37.1 Å². The van der Waals surface area contributed by atoms with Crippen LogP contribution in [0.5, 0.6) is 5.75 Å². The number of hydrogen-bond acceptors (Lipinski definition) is 8. The van der Waals surface area contributed by atoms with Crippen LogP contribution in [0, 0.1) is 5.82 Å². The first-order chi connectivity index (χ1) is 16.5. The molecule has 0 aliphatic carbocycles. The third-order valence-corrected chi connectivity index (χ3v) is 8.40. The molecule has 1 aliphatic rings. The van der Waals surface area contributed by atoms with E-state index in [2.05, 4.69) is 15.3 Å². The van der Waals surface area contributed by atoms with Crippen molar-refractivity contribution < 1.29 is 17.5 Å². The van der Waals surface area contributed by atoms with E-state index in [9.17, 15) is 12.8 Å². The van der Waals surface area contributed by atoms with Crippen molar-refractivity contribution in [3.05, 3.63) is 47.9 Å². The number of nitrogens with one attached hydrogen (secondary N) is 1. The summed E-state index contributed by atoms with van der Waals surface area (Å²) in [6.07, 6.45) is 5.13. The molecule has 4 heterocycles. The summed E-state index contributed by atoms with van der Waals surface area (Å²) in [5, 5.41) is 5.06. The number of anilines is 1. The zero-order valence-electron chi connectivity index (χ0n) is 18.4. The largest absolute Gasteiger partial charge is 0.494 e. The van der Waals surface area contributed by atoms with Gasteiger partial charge in [-0.1, -0.05) is 0 Å². The van der Waals surface area contributed by atoms with Crippen LogP contribution in [0.4, 0.5) is 10.3 Å². The summed E-state index contributed by atoms with van der Waals surface area (Å²) in [5.74, 6) is 0.281. The van der Waals surface area contributed by atoms with E-state index in [0.717, 1.165) is 17.1 Å². The highest BCUT2D eigenvalue weighted by atomic mass is 32.2. The Morgan fingerprint density at radius 2 is 2.12 bits per heavy atom. The maximum absolute atomic E-state index is 14.0. The molecular weight excluding hydrogens is 479 g/mol. The first-order valence-corrected chi connectivity index (χ1v) is 13.3. The third-order valence-electron chi connectivity index (χ3n) is 5.68. The van der Waals surface area contributed by atoms with Crippen LogP contribution >= 0.6 is 11.3 Å². The molecule has 4 aromatic rings. The van der Waals surface area contributed by atoms with Gasteiger partial charge >= 0.3 is 0 Å². The maximum Gasteiger partial charge on any atom is 0.223 e. The van der Waals surface area contributed by atoms with Gasteiger partial charge in [0.05, 0.1) is 24.3 Å². The lowest BCUT2D eigenvalue weighted by Gasteiger charge is -2.26. The fourth-order valence-electron chi connectivity index (χ4n) is 4.00. The zero-order valence-corrected chi connectivity index (χ0v) is 20.1. The molecule has 0 spiro atoms. The highest BCUT2D eigenvalue weighted by Crippen LogP contribution is 2.35. The average Bonchev–Trinajstić information content (AvgIpc) is 3.42. The summed E-state index contributed by atoms with van der Waals surface area (Å²) >= 11 is 1.48. The minimum Gasteiger partial charge on any atom is -0.494 e. The maximum atomic E-state index is 14.0. The summed E-state index contributed by atoms with van der Waals surface area (Å²) in [7, 11) is -1.76. The van der Waals surface area contributed by atoms with Gasteiger partial charge in [-0.15, -0.1) is 11.3 Å². The van der Waals surface area contributed by atoms with E-state index in [1.165, 1.54) is 28.8 Å². The predicted octanol–water partition coefficient (Wildman–Crippen LogP) is 3.51. The van der Waals surface area contributed by atoms with Crippen LogP contribution < -0.4 is 10.1 Å². The average molecular weight is 503 g/mol. The van der Waals surface area contributed by atoms with Crippen LogP contribution in [0.15, 0.2) is 42.0 Å². The van der Waals surface area contributed by atoms with E-state index in [1.54, 1.807) is 24.4 Å². The number of rotatable bonds is 7. The molecule has 1 aliphatic heterocycles. The highest BCUT2D eigenvalue weighted by molar-refractivity contribution is 7.89. The van der Waals surface area contributed by atoms with Crippen molar-refractivity contribution in [2.24, 2.45) is 0 Å². The van der Waals surface area contributed by atoms with E-state index in [4.69, 9.17) is 9.72 Å². The summed E-state index contributed by atoms with van der Waals surface area (Å²) in [6, 6.07) is 6.41. The summed E-state index contributed by atoms with van der Waals surface area (Å²) in [5.41, 5.74) is 2.73. The monoisotopic (exact) mass is 502 g/mol. The van der Waals surface area contributed by atoms with Crippen LogP contribution in [0.25, 0.3) is 27.6 Å². The Kier molecular flexibility index (Phi) is 6.19. The standard InChI is InChI=1S/C22H23FN6O3S2/c1-32-18-14-15(4-5-16(18)23)19-20(29-11-12-33-22(29)27-19)17-6-7-24-21(26-17)25-8-10-28-9-2-3-13-34(28,30)31/h4-7,11-12,14H,2-3,8-10,13H2,1H3,(H,24,25,26). The molecule has 0 atom stereocenters. The molecule has 34 heavy (non-hydrogen) atoms. The molecular formula is C22H23FN6O3S2. The Labute approximate surface area is 200 Å². The van der Waals surface area contributed by atoms with Crippen molar-refractivity contribution in [3.63, 3.8) is 0 Å². The number of ether oxygens (including phenoxy) is 1. The lowest BCUT2D eigenvalue weighted by molar-refractivity contribution is 0.387. The van der Waals surface area contributed by atoms with Gasteiger partial charge in [-0.2, -0.15) is 0 Å². The number of fused-ring (bicyclic) bond motifs is 1. The minimum absolute atomic E-state index is 0.137. The Balaban J connectivity index is 1.44. The van der Waals surface area contributed by atoms with E-state index in [-0.39, 0.29) is 11.5 Å². The normalized spacial score (nSPS) is 16.1. The number of benzene rings is 1. The number of hydrogen-bond donors (Lipinski definition) is 1. The molecule has 1 fully saturated rings. The van der Waals surface area contributed by atoms with Gasteiger partial charge in [0.2, 0.25) is 16.0 Å². The predicted molar refractivity (Wildman–Crippen MR) is 129 cm³/mol. The number of sulfonamides is 1. The molecule has 5 rings (SSSR count). The summed E-state index contributed by atoms with van der Waals surface area (Å²) in [6.45, 7) is 1.30. The van der Waals surface area contributed by atoms with Crippen molar-refractivity contribution >= 4 is 32.3 Å². The molecule has 0 saturated carbocycles. The molecule has 1 saturated heterocycles. The van der Waals surface area contributed by atoms with E-state index >= 15 is 0 Å². The number of halogens is 1. The van der Waals surface area contributed by atoms with Crippen LogP contribution in [-0.2, 0) is 10.0 Å². The third kappa shape index (κ3) is 4.36. The zero-order chi connectivity index (χ0) is 23.7. The number of aromatic nitrogens is 4. The Bertz CT molecular complexity index is 1440. The number of methoxy groups -OCH3 is 1. The van der Waals surface area contributed by atoms with Crippen molar-refractivity contribution in [2.75, 3.05) is 37.8 Å².